The van der Waals surface area contributed by atoms with Gasteiger partial charge in [0.05, 0.1) is 0 Å². The van der Waals surface area contributed by atoms with Gasteiger partial charge in [0, 0.05) is 15.9 Å². The number of fused-ring (bicyclic) bond motifs is 1. The van der Waals surface area contributed by atoms with E-state index in [0.29, 0.717) is 10.9 Å². The Balaban J connectivity index is 2.18. The van der Waals surface area contributed by atoms with E-state index < -0.39 is 0 Å². The Bertz CT molecular complexity index is 658. The first kappa shape index (κ1) is 9.23. The van der Waals surface area contributed by atoms with Crippen LogP contribution in [-0.4, -0.2) is 15.2 Å². The second-order valence-electron chi connectivity index (χ2n) is 3.36. The third-order valence-corrected chi connectivity index (χ3v) is 2.49. The number of nitrogen functional groups attached to an aromatic ring is 1. The number of nitrogens with one attached hydrogen (secondary N) is 1. The van der Waals surface area contributed by atoms with E-state index in [1.54, 1.807) is 0 Å². The van der Waals surface area contributed by atoms with Crippen molar-refractivity contribution in [1.29, 1.82) is 0 Å². The lowest BCUT2D eigenvalue weighted by atomic mass is 10.2. The van der Waals surface area contributed by atoms with Gasteiger partial charge < -0.3 is 15.1 Å². The molecule has 0 aliphatic carbocycles. The molecule has 0 fully saturated rings. The minimum Gasteiger partial charge on any atom is -0.402 e. The molecule has 0 radical (unpaired) electrons. The first-order valence-corrected chi connectivity index (χ1v) is 4.98. The SMILES string of the molecule is Nc1nnc(-c2cc3cc(Cl)ccc3[nH]2)o1. The fraction of sp³-hybridized carbons (Fsp3) is 0. The van der Waals surface area contributed by atoms with Gasteiger partial charge in [0.1, 0.15) is 5.69 Å². The summed E-state index contributed by atoms with van der Waals surface area (Å²) < 4.78 is 5.12. The zero-order chi connectivity index (χ0) is 11.1. The largest absolute Gasteiger partial charge is 0.402 e. The van der Waals surface area contributed by atoms with Crippen LogP contribution in [-0.2, 0) is 0 Å². The number of benzene rings is 1. The second-order valence-corrected chi connectivity index (χ2v) is 3.80. The Kier molecular flexibility index (Phi) is 1.87. The first-order valence-electron chi connectivity index (χ1n) is 4.60. The van der Waals surface area contributed by atoms with Gasteiger partial charge in [-0.05, 0) is 24.3 Å². The van der Waals surface area contributed by atoms with Crippen molar-refractivity contribution in [1.82, 2.24) is 15.2 Å². The number of hydrogen-bond acceptors (Lipinski definition) is 4. The molecular formula is C10H7ClN4O. The average molecular weight is 235 g/mol. The number of nitrogens with zero attached hydrogens (tertiary/aromatic N) is 2. The second kappa shape index (κ2) is 3.24. The molecule has 80 valence electrons. The molecule has 0 saturated carbocycles. The van der Waals surface area contributed by atoms with E-state index in [1.807, 2.05) is 24.3 Å². The van der Waals surface area contributed by atoms with Crippen molar-refractivity contribution in [3.05, 3.63) is 29.3 Å². The molecule has 5 nitrogen and oxygen atoms in total. The number of H-pyrrole nitrogens is 1. The first-order chi connectivity index (χ1) is 7.72. The molecule has 0 aliphatic heterocycles. The summed E-state index contributed by atoms with van der Waals surface area (Å²) in [5.41, 5.74) is 7.04. The Labute approximate surface area is 95.2 Å². The maximum atomic E-state index is 5.89. The summed E-state index contributed by atoms with van der Waals surface area (Å²) in [5, 5.41) is 9.06. The van der Waals surface area contributed by atoms with Crippen LogP contribution in [0.5, 0.6) is 0 Å². The van der Waals surface area contributed by atoms with Gasteiger partial charge in [0.15, 0.2) is 0 Å². The lowest BCUT2D eigenvalue weighted by molar-refractivity contribution is 0.588. The molecule has 0 bridgehead atoms. The third-order valence-electron chi connectivity index (χ3n) is 2.25. The number of rotatable bonds is 1. The summed E-state index contributed by atoms with van der Waals surface area (Å²) in [6, 6.07) is 7.49. The van der Waals surface area contributed by atoms with E-state index in [9.17, 15) is 0 Å². The highest BCUT2D eigenvalue weighted by Crippen LogP contribution is 2.25. The Hall–Kier alpha value is -2.01. The molecule has 16 heavy (non-hydrogen) atoms. The van der Waals surface area contributed by atoms with Gasteiger partial charge in [-0.1, -0.05) is 16.7 Å². The van der Waals surface area contributed by atoms with Crippen LogP contribution < -0.4 is 5.73 Å². The lowest BCUT2D eigenvalue weighted by Crippen LogP contribution is -1.81. The van der Waals surface area contributed by atoms with E-state index in [-0.39, 0.29) is 6.01 Å². The number of hydrogen-bond donors (Lipinski definition) is 2. The zero-order valence-electron chi connectivity index (χ0n) is 8.07. The zero-order valence-corrected chi connectivity index (χ0v) is 8.82. The van der Waals surface area contributed by atoms with Crippen molar-refractivity contribution >= 4 is 28.5 Å². The molecule has 0 unspecified atom stereocenters. The van der Waals surface area contributed by atoms with E-state index in [2.05, 4.69) is 15.2 Å². The fourth-order valence-corrected chi connectivity index (χ4v) is 1.74. The summed E-state index contributed by atoms with van der Waals surface area (Å²) in [4.78, 5) is 3.14. The van der Waals surface area contributed by atoms with Gasteiger partial charge in [-0.2, -0.15) is 0 Å². The van der Waals surface area contributed by atoms with Crippen molar-refractivity contribution in [2.45, 2.75) is 0 Å². The van der Waals surface area contributed by atoms with Crippen molar-refractivity contribution < 1.29 is 4.42 Å². The third kappa shape index (κ3) is 1.42. The van der Waals surface area contributed by atoms with Crippen LogP contribution in [0.15, 0.2) is 28.7 Å². The Morgan fingerprint density at radius 2 is 2.12 bits per heavy atom. The summed E-state index contributed by atoms with van der Waals surface area (Å²) in [6.07, 6.45) is 0. The summed E-state index contributed by atoms with van der Waals surface area (Å²) in [5.74, 6) is 0.366. The minimum atomic E-state index is 0.0479. The van der Waals surface area contributed by atoms with E-state index in [4.69, 9.17) is 21.8 Å². The van der Waals surface area contributed by atoms with Gasteiger partial charge in [0.2, 0.25) is 0 Å². The molecule has 0 spiro atoms. The molecule has 3 N–H and O–H groups in total. The number of aromatic nitrogens is 3. The van der Waals surface area contributed by atoms with Crippen LogP contribution in [0.4, 0.5) is 6.01 Å². The van der Waals surface area contributed by atoms with Crippen molar-refractivity contribution in [2.75, 3.05) is 5.73 Å². The van der Waals surface area contributed by atoms with Crippen LogP contribution in [0.25, 0.3) is 22.5 Å². The van der Waals surface area contributed by atoms with Crippen molar-refractivity contribution in [3.63, 3.8) is 0 Å². The highest BCUT2D eigenvalue weighted by molar-refractivity contribution is 6.31. The monoisotopic (exact) mass is 234 g/mol. The van der Waals surface area contributed by atoms with Crippen LogP contribution in [0.1, 0.15) is 0 Å². The lowest BCUT2D eigenvalue weighted by Gasteiger charge is -1.88. The maximum Gasteiger partial charge on any atom is 0.313 e. The Morgan fingerprint density at radius 3 is 2.88 bits per heavy atom. The summed E-state index contributed by atoms with van der Waals surface area (Å²) in [6.45, 7) is 0. The number of aromatic amines is 1. The highest BCUT2D eigenvalue weighted by atomic mass is 35.5. The van der Waals surface area contributed by atoms with Gasteiger partial charge >= 0.3 is 6.01 Å². The standard InChI is InChI=1S/C10H7ClN4O/c11-6-1-2-7-5(3-6)4-8(13-7)9-14-15-10(12)16-9/h1-4,13H,(H2,12,15). The van der Waals surface area contributed by atoms with E-state index in [0.717, 1.165) is 16.6 Å². The number of anilines is 1. The van der Waals surface area contributed by atoms with Gasteiger partial charge in [-0.3, -0.25) is 0 Å². The average Bonchev–Trinajstić information content (AvgIpc) is 2.83. The smallest absolute Gasteiger partial charge is 0.313 e. The van der Waals surface area contributed by atoms with Gasteiger partial charge in [0.25, 0.3) is 5.89 Å². The number of nitrogens with two attached hydrogens (primary N) is 1. The molecule has 0 saturated heterocycles. The van der Waals surface area contributed by atoms with E-state index >= 15 is 0 Å². The van der Waals surface area contributed by atoms with Crippen LogP contribution in [0.3, 0.4) is 0 Å². The van der Waals surface area contributed by atoms with Gasteiger partial charge in [-0.15, -0.1) is 5.10 Å². The molecule has 0 atom stereocenters. The quantitative estimate of drug-likeness (QED) is 0.678. The minimum absolute atomic E-state index is 0.0479. The topological polar surface area (TPSA) is 80.7 Å². The Morgan fingerprint density at radius 1 is 1.25 bits per heavy atom. The molecular weight excluding hydrogens is 228 g/mol. The molecule has 3 rings (SSSR count). The number of halogens is 1. The molecule has 6 heteroatoms. The molecule has 2 heterocycles. The highest BCUT2D eigenvalue weighted by Gasteiger charge is 2.09. The van der Waals surface area contributed by atoms with Crippen molar-refractivity contribution in [3.8, 4) is 11.6 Å². The summed E-state index contributed by atoms with van der Waals surface area (Å²) in [7, 11) is 0. The molecule has 2 aromatic heterocycles. The maximum absolute atomic E-state index is 5.89. The molecule has 0 aliphatic rings. The normalized spacial score (nSPS) is 11.1. The van der Waals surface area contributed by atoms with Crippen molar-refractivity contribution in [2.24, 2.45) is 0 Å². The molecule has 1 aromatic carbocycles. The predicted molar refractivity (Wildman–Crippen MR) is 61.0 cm³/mol. The predicted octanol–water partition coefficient (Wildman–Crippen LogP) is 2.45. The van der Waals surface area contributed by atoms with Crippen LogP contribution in [0, 0.1) is 0 Å². The molecule has 0 amide bonds. The van der Waals surface area contributed by atoms with E-state index in [1.165, 1.54) is 0 Å². The van der Waals surface area contributed by atoms with Crippen LogP contribution >= 0.6 is 11.6 Å². The fourth-order valence-electron chi connectivity index (χ4n) is 1.56. The molecule has 3 aromatic rings. The van der Waals surface area contributed by atoms with Gasteiger partial charge in [-0.25, -0.2) is 0 Å². The van der Waals surface area contributed by atoms with Crippen LogP contribution in [0.2, 0.25) is 5.02 Å². The summed E-state index contributed by atoms with van der Waals surface area (Å²) >= 11 is 5.89.